The Bertz CT molecular complexity index is 919. The molecule has 3 rings (SSSR count). The lowest BCUT2D eigenvalue weighted by Crippen LogP contribution is -2.05. The van der Waals surface area contributed by atoms with Crippen molar-refractivity contribution in [3.8, 4) is 0 Å². The lowest BCUT2D eigenvalue weighted by molar-refractivity contribution is 0.540. The molecular weight excluding hydrogens is 312 g/mol. The van der Waals surface area contributed by atoms with Crippen LogP contribution in [0.15, 0.2) is 51.8 Å². The monoisotopic (exact) mass is 322 g/mol. The molecule has 0 spiro atoms. The molecule has 0 saturated heterocycles. The van der Waals surface area contributed by atoms with Crippen LogP contribution in [0.1, 0.15) is 5.89 Å². The predicted molar refractivity (Wildman–Crippen MR) is 80.8 cm³/mol. The largest absolute Gasteiger partial charge is 0.440 e. The van der Waals surface area contributed by atoms with Crippen molar-refractivity contribution in [3.05, 3.63) is 53.4 Å². The third-order valence-corrected chi connectivity index (χ3v) is 5.04. The number of benzene rings is 2. The van der Waals surface area contributed by atoms with Crippen LogP contribution >= 0.6 is 11.6 Å². The molecule has 0 atom stereocenters. The molecule has 0 aliphatic rings. The zero-order chi connectivity index (χ0) is 15.0. The van der Waals surface area contributed by atoms with Crippen LogP contribution in [0.25, 0.3) is 11.1 Å². The van der Waals surface area contributed by atoms with Crippen LogP contribution in [0.5, 0.6) is 0 Å². The second-order valence-corrected chi connectivity index (χ2v) is 6.89. The Balaban J connectivity index is 1.99. The van der Waals surface area contributed by atoms with E-state index in [0.717, 1.165) is 0 Å². The van der Waals surface area contributed by atoms with Crippen molar-refractivity contribution >= 4 is 38.2 Å². The van der Waals surface area contributed by atoms with E-state index in [-0.39, 0.29) is 21.6 Å². The minimum Gasteiger partial charge on any atom is -0.440 e. The summed E-state index contributed by atoms with van der Waals surface area (Å²) in [6.07, 6.45) is 0. The summed E-state index contributed by atoms with van der Waals surface area (Å²) >= 11 is 5.93. The quantitative estimate of drug-likeness (QED) is 0.749. The van der Waals surface area contributed by atoms with Gasteiger partial charge in [-0.15, -0.1) is 0 Å². The summed E-state index contributed by atoms with van der Waals surface area (Å²) in [6, 6.07) is 11.2. The summed E-state index contributed by atoms with van der Waals surface area (Å²) in [5, 5.41) is 0.179. The van der Waals surface area contributed by atoms with E-state index in [9.17, 15) is 8.42 Å². The van der Waals surface area contributed by atoms with E-state index in [4.69, 9.17) is 21.8 Å². The number of nitrogen functional groups attached to an aromatic ring is 1. The Hall–Kier alpha value is -2.05. The summed E-state index contributed by atoms with van der Waals surface area (Å²) in [5.74, 6) is -0.249. The number of hydrogen-bond donors (Lipinski definition) is 1. The van der Waals surface area contributed by atoms with Gasteiger partial charge in [0.15, 0.2) is 15.4 Å². The molecule has 0 amide bonds. The van der Waals surface area contributed by atoms with Crippen LogP contribution in [0.2, 0.25) is 5.02 Å². The van der Waals surface area contributed by atoms with E-state index < -0.39 is 9.84 Å². The molecule has 1 heterocycles. The van der Waals surface area contributed by atoms with E-state index in [1.54, 1.807) is 30.3 Å². The molecule has 0 aliphatic carbocycles. The van der Waals surface area contributed by atoms with Gasteiger partial charge >= 0.3 is 0 Å². The third kappa shape index (κ3) is 2.72. The maximum absolute atomic E-state index is 12.4. The summed E-state index contributed by atoms with van der Waals surface area (Å²) in [4.78, 5) is 4.21. The number of rotatable bonds is 3. The zero-order valence-corrected chi connectivity index (χ0v) is 12.4. The van der Waals surface area contributed by atoms with Crippen molar-refractivity contribution in [1.82, 2.24) is 4.98 Å². The summed E-state index contributed by atoms with van der Waals surface area (Å²) in [7, 11) is -3.62. The highest BCUT2D eigenvalue weighted by atomic mass is 35.5. The minimum absolute atomic E-state index is 0.0634. The third-order valence-electron chi connectivity index (χ3n) is 2.94. The molecule has 21 heavy (non-hydrogen) atoms. The highest BCUT2D eigenvalue weighted by Gasteiger charge is 2.21. The maximum Gasteiger partial charge on any atom is 0.211 e. The van der Waals surface area contributed by atoms with Crippen molar-refractivity contribution < 1.29 is 12.8 Å². The number of halogens is 1. The van der Waals surface area contributed by atoms with Crippen LogP contribution < -0.4 is 5.73 Å². The summed E-state index contributed by atoms with van der Waals surface area (Å²) in [5.41, 5.74) is 7.21. The van der Waals surface area contributed by atoms with Gasteiger partial charge < -0.3 is 10.2 Å². The number of oxazole rings is 1. The van der Waals surface area contributed by atoms with Crippen LogP contribution in [0.3, 0.4) is 0 Å². The molecule has 5 nitrogen and oxygen atoms in total. The molecule has 0 bridgehead atoms. The van der Waals surface area contributed by atoms with Gasteiger partial charge in [0, 0.05) is 5.69 Å². The van der Waals surface area contributed by atoms with Crippen molar-refractivity contribution in [3.63, 3.8) is 0 Å². The molecule has 0 aliphatic heterocycles. The van der Waals surface area contributed by atoms with Gasteiger partial charge in [0.1, 0.15) is 11.3 Å². The van der Waals surface area contributed by atoms with E-state index >= 15 is 0 Å². The van der Waals surface area contributed by atoms with E-state index in [2.05, 4.69) is 4.98 Å². The Morgan fingerprint density at radius 1 is 1.19 bits per heavy atom. The lowest BCUT2D eigenvalue weighted by atomic mass is 10.3. The standard InChI is InChI=1S/C14H11ClN2O3S/c15-10-3-1-2-4-13(10)21(18,19)8-14-17-11-7-9(16)5-6-12(11)20-14/h1-7H,8,16H2. The second kappa shape index (κ2) is 5.05. The van der Waals surface area contributed by atoms with E-state index in [1.807, 2.05) is 0 Å². The minimum atomic E-state index is -3.62. The molecule has 2 N–H and O–H groups in total. The maximum atomic E-state index is 12.4. The first-order valence-corrected chi connectivity index (χ1v) is 8.11. The van der Waals surface area contributed by atoms with Gasteiger partial charge in [-0.1, -0.05) is 23.7 Å². The Kier molecular flexibility index (Phi) is 3.35. The molecule has 0 unspecified atom stereocenters. The van der Waals surface area contributed by atoms with Crippen LogP contribution in [-0.4, -0.2) is 13.4 Å². The number of aromatic nitrogens is 1. The predicted octanol–water partition coefficient (Wildman–Crippen LogP) is 3.04. The number of fused-ring (bicyclic) bond motifs is 1. The van der Waals surface area contributed by atoms with Crippen LogP contribution in [0.4, 0.5) is 5.69 Å². The van der Waals surface area contributed by atoms with Gasteiger partial charge in [0.25, 0.3) is 0 Å². The SMILES string of the molecule is Nc1ccc2oc(CS(=O)(=O)c3ccccc3Cl)nc2c1. The molecule has 0 radical (unpaired) electrons. The highest BCUT2D eigenvalue weighted by Crippen LogP contribution is 2.26. The van der Waals surface area contributed by atoms with Crippen molar-refractivity contribution in [2.75, 3.05) is 5.73 Å². The lowest BCUT2D eigenvalue weighted by Gasteiger charge is -2.03. The number of nitrogens with two attached hydrogens (primary N) is 1. The second-order valence-electron chi connectivity index (χ2n) is 4.52. The summed E-state index contributed by atoms with van der Waals surface area (Å²) < 4.78 is 30.1. The number of sulfone groups is 1. The molecule has 7 heteroatoms. The molecule has 0 fully saturated rings. The molecule has 2 aromatic carbocycles. The summed E-state index contributed by atoms with van der Waals surface area (Å²) in [6.45, 7) is 0. The average Bonchev–Trinajstić information content (AvgIpc) is 2.79. The zero-order valence-electron chi connectivity index (χ0n) is 10.8. The van der Waals surface area contributed by atoms with E-state index in [0.29, 0.717) is 16.8 Å². The van der Waals surface area contributed by atoms with E-state index in [1.165, 1.54) is 12.1 Å². The average molecular weight is 323 g/mol. The number of nitrogens with zero attached hydrogens (tertiary/aromatic N) is 1. The fraction of sp³-hybridized carbons (Fsp3) is 0.0714. The molecule has 108 valence electrons. The van der Waals surface area contributed by atoms with Gasteiger partial charge in [-0.3, -0.25) is 0 Å². The highest BCUT2D eigenvalue weighted by molar-refractivity contribution is 7.90. The number of hydrogen-bond acceptors (Lipinski definition) is 5. The fourth-order valence-electron chi connectivity index (χ4n) is 1.99. The smallest absolute Gasteiger partial charge is 0.211 e. The Morgan fingerprint density at radius 3 is 2.71 bits per heavy atom. The van der Waals surface area contributed by atoms with Gasteiger partial charge in [-0.05, 0) is 30.3 Å². The Morgan fingerprint density at radius 2 is 1.95 bits per heavy atom. The number of anilines is 1. The molecule has 0 saturated carbocycles. The van der Waals surface area contributed by atoms with Gasteiger partial charge in [0.2, 0.25) is 5.89 Å². The first kappa shape index (κ1) is 13.9. The van der Waals surface area contributed by atoms with Crippen molar-refractivity contribution in [2.24, 2.45) is 0 Å². The van der Waals surface area contributed by atoms with Crippen LogP contribution in [0, 0.1) is 0 Å². The van der Waals surface area contributed by atoms with Gasteiger partial charge in [-0.25, -0.2) is 13.4 Å². The fourth-order valence-corrected chi connectivity index (χ4v) is 3.73. The van der Waals surface area contributed by atoms with Crippen molar-refractivity contribution in [1.29, 1.82) is 0 Å². The Labute approximate surface area is 126 Å². The van der Waals surface area contributed by atoms with Crippen LogP contribution in [-0.2, 0) is 15.6 Å². The molecular formula is C14H11ClN2O3S. The topological polar surface area (TPSA) is 86.2 Å². The van der Waals surface area contributed by atoms with Crippen molar-refractivity contribution in [2.45, 2.75) is 10.6 Å². The normalized spacial score (nSPS) is 11.9. The van der Waals surface area contributed by atoms with Gasteiger partial charge in [0.05, 0.1) is 9.92 Å². The molecule has 3 aromatic rings. The first-order chi connectivity index (χ1) is 9.95. The first-order valence-electron chi connectivity index (χ1n) is 6.08. The van der Waals surface area contributed by atoms with Gasteiger partial charge in [-0.2, -0.15) is 0 Å². The molecule has 1 aromatic heterocycles.